The number of halogens is 1. The number of hydrogen-bond acceptors (Lipinski definition) is 3. The lowest BCUT2D eigenvalue weighted by atomic mass is 10.1. The van der Waals surface area contributed by atoms with Crippen molar-refractivity contribution < 1.29 is 4.74 Å². The molecule has 0 bridgehead atoms. The molecule has 1 aromatic heterocycles. The largest absolute Gasteiger partial charge is 0.455 e. The van der Waals surface area contributed by atoms with Crippen molar-refractivity contribution in [3.63, 3.8) is 0 Å². The third kappa shape index (κ3) is 2.72. The van der Waals surface area contributed by atoms with Crippen LogP contribution in [0.3, 0.4) is 0 Å². The van der Waals surface area contributed by atoms with E-state index in [9.17, 15) is 0 Å². The van der Waals surface area contributed by atoms with Gasteiger partial charge in [-0.3, -0.25) is 4.98 Å². The van der Waals surface area contributed by atoms with E-state index >= 15 is 0 Å². The molecule has 3 nitrogen and oxygen atoms in total. The number of rotatable bonds is 2. The number of nitrogens with two attached hydrogens (primary N) is 1. The van der Waals surface area contributed by atoms with E-state index in [4.69, 9.17) is 10.5 Å². The number of fused-ring (bicyclic) bond motifs is 1. The Morgan fingerprint density at radius 1 is 1.00 bits per heavy atom. The van der Waals surface area contributed by atoms with Crippen LogP contribution in [0, 0.1) is 13.8 Å². The molecule has 2 N–H and O–H groups in total. The van der Waals surface area contributed by atoms with Gasteiger partial charge in [0.05, 0.1) is 9.99 Å². The predicted octanol–water partition coefficient (Wildman–Crippen LogP) is 4.99. The van der Waals surface area contributed by atoms with Gasteiger partial charge >= 0.3 is 0 Å². The highest BCUT2D eigenvalue weighted by Gasteiger charge is 2.08. The summed E-state index contributed by atoms with van der Waals surface area (Å²) in [6.45, 7) is 4.17. The van der Waals surface area contributed by atoms with E-state index in [0.29, 0.717) is 5.69 Å². The van der Waals surface area contributed by atoms with Crippen molar-refractivity contribution in [1.29, 1.82) is 0 Å². The van der Waals surface area contributed by atoms with Crippen LogP contribution in [-0.4, -0.2) is 4.98 Å². The number of pyridine rings is 1. The molecule has 0 aliphatic rings. The zero-order valence-electron chi connectivity index (χ0n) is 11.9. The summed E-state index contributed by atoms with van der Waals surface area (Å²) in [7, 11) is 0. The van der Waals surface area contributed by atoms with Gasteiger partial charge in [0.2, 0.25) is 0 Å². The topological polar surface area (TPSA) is 48.1 Å². The molecule has 3 aromatic rings. The standard InChI is InChI=1S/C17H15BrN2O/c1-10-7-13-15(8-11(10)2)20-6-5-16(13)21-17-4-3-12(19)9-14(17)18/h3-9H,19H2,1-2H3. The second-order valence-corrected chi connectivity index (χ2v) is 5.91. The van der Waals surface area contributed by atoms with E-state index in [2.05, 4.69) is 46.9 Å². The molecule has 0 unspecified atom stereocenters. The van der Waals surface area contributed by atoms with Crippen LogP contribution < -0.4 is 10.5 Å². The number of ether oxygens (including phenoxy) is 1. The van der Waals surface area contributed by atoms with Crippen LogP contribution in [0.5, 0.6) is 11.5 Å². The first-order valence-corrected chi connectivity index (χ1v) is 7.43. The minimum absolute atomic E-state index is 0.695. The van der Waals surface area contributed by atoms with Crippen molar-refractivity contribution in [2.24, 2.45) is 0 Å². The van der Waals surface area contributed by atoms with E-state index in [0.717, 1.165) is 26.9 Å². The number of anilines is 1. The summed E-state index contributed by atoms with van der Waals surface area (Å²) in [6.07, 6.45) is 1.76. The number of nitrogen functional groups attached to an aromatic ring is 1. The van der Waals surface area contributed by atoms with Gasteiger partial charge in [0.1, 0.15) is 11.5 Å². The summed E-state index contributed by atoms with van der Waals surface area (Å²) >= 11 is 3.47. The lowest BCUT2D eigenvalue weighted by molar-refractivity contribution is 0.485. The van der Waals surface area contributed by atoms with Crippen molar-refractivity contribution in [2.75, 3.05) is 5.73 Å². The van der Waals surface area contributed by atoms with Gasteiger partial charge in [-0.15, -0.1) is 0 Å². The molecular formula is C17H15BrN2O. The highest BCUT2D eigenvalue weighted by atomic mass is 79.9. The van der Waals surface area contributed by atoms with Crippen LogP contribution in [0.4, 0.5) is 5.69 Å². The fourth-order valence-electron chi connectivity index (χ4n) is 2.19. The minimum Gasteiger partial charge on any atom is -0.455 e. The molecule has 0 radical (unpaired) electrons. The number of nitrogens with zero attached hydrogens (tertiary/aromatic N) is 1. The van der Waals surface area contributed by atoms with Crippen LogP contribution in [-0.2, 0) is 0 Å². The first-order valence-electron chi connectivity index (χ1n) is 6.63. The Hall–Kier alpha value is -2.07. The summed E-state index contributed by atoms with van der Waals surface area (Å²) < 4.78 is 6.86. The SMILES string of the molecule is Cc1cc2nccc(Oc3ccc(N)cc3Br)c2cc1C. The third-order valence-electron chi connectivity index (χ3n) is 3.49. The van der Waals surface area contributed by atoms with Gasteiger partial charge in [0, 0.05) is 17.3 Å². The van der Waals surface area contributed by atoms with Gasteiger partial charge in [-0.25, -0.2) is 0 Å². The molecule has 0 saturated heterocycles. The van der Waals surface area contributed by atoms with Crippen LogP contribution in [0.15, 0.2) is 47.1 Å². The van der Waals surface area contributed by atoms with E-state index in [1.807, 2.05) is 24.3 Å². The molecule has 0 aliphatic heterocycles. The number of benzene rings is 2. The first-order chi connectivity index (χ1) is 10.0. The van der Waals surface area contributed by atoms with Gasteiger partial charge < -0.3 is 10.5 Å². The zero-order chi connectivity index (χ0) is 15.0. The van der Waals surface area contributed by atoms with Gasteiger partial charge in [-0.05, 0) is 77.3 Å². The van der Waals surface area contributed by atoms with Crippen molar-refractivity contribution in [3.8, 4) is 11.5 Å². The Bertz CT molecular complexity index is 830. The molecule has 3 rings (SSSR count). The maximum atomic E-state index is 6.03. The van der Waals surface area contributed by atoms with Gasteiger partial charge in [0.15, 0.2) is 0 Å². The average molecular weight is 343 g/mol. The summed E-state index contributed by atoms with van der Waals surface area (Å²) in [6, 6.07) is 11.6. The van der Waals surface area contributed by atoms with E-state index < -0.39 is 0 Å². The predicted molar refractivity (Wildman–Crippen MR) is 89.8 cm³/mol. The number of aromatic nitrogens is 1. The normalized spacial score (nSPS) is 10.8. The molecule has 0 aliphatic carbocycles. The molecule has 2 aromatic carbocycles. The molecule has 21 heavy (non-hydrogen) atoms. The Morgan fingerprint density at radius 3 is 2.52 bits per heavy atom. The molecule has 0 atom stereocenters. The molecule has 1 heterocycles. The quantitative estimate of drug-likeness (QED) is 0.667. The van der Waals surface area contributed by atoms with Crippen molar-refractivity contribution in [1.82, 2.24) is 4.98 Å². The van der Waals surface area contributed by atoms with Crippen LogP contribution in [0.2, 0.25) is 0 Å². The minimum atomic E-state index is 0.695. The lowest BCUT2D eigenvalue weighted by Crippen LogP contribution is -1.92. The van der Waals surface area contributed by atoms with Crippen molar-refractivity contribution in [2.45, 2.75) is 13.8 Å². The number of aryl methyl sites for hydroxylation is 2. The summed E-state index contributed by atoms with van der Waals surface area (Å²) in [4.78, 5) is 4.41. The van der Waals surface area contributed by atoms with Crippen LogP contribution in [0.1, 0.15) is 11.1 Å². The molecule has 106 valence electrons. The summed E-state index contributed by atoms with van der Waals surface area (Å²) in [5.74, 6) is 1.52. The molecule has 0 spiro atoms. The Kier molecular flexibility index (Phi) is 3.55. The van der Waals surface area contributed by atoms with E-state index in [-0.39, 0.29) is 0 Å². The molecule has 0 saturated carbocycles. The fourth-order valence-corrected chi connectivity index (χ4v) is 2.66. The van der Waals surface area contributed by atoms with E-state index in [1.165, 1.54) is 11.1 Å². The Morgan fingerprint density at radius 2 is 1.76 bits per heavy atom. The Balaban J connectivity index is 2.10. The fraction of sp³-hybridized carbons (Fsp3) is 0.118. The maximum absolute atomic E-state index is 6.03. The highest BCUT2D eigenvalue weighted by Crippen LogP contribution is 2.34. The Labute approximate surface area is 131 Å². The monoisotopic (exact) mass is 342 g/mol. The number of hydrogen-bond donors (Lipinski definition) is 1. The lowest BCUT2D eigenvalue weighted by Gasteiger charge is -2.12. The van der Waals surface area contributed by atoms with Gasteiger partial charge in [0.25, 0.3) is 0 Å². The maximum Gasteiger partial charge on any atom is 0.141 e. The second-order valence-electron chi connectivity index (χ2n) is 5.05. The summed E-state index contributed by atoms with van der Waals surface area (Å²) in [5.41, 5.74) is 9.82. The molecule has 0 fully saturated rings. The van der Waals surface area contributed by atoms with Crippen LogP contribution in [0.25, 0.3) is 10.9 Å². The molecule has 4 heteroatoms. The average Bonchev–Trinajstić information content (AvgIpc) is 2.44. The van der Waals surface area contributed by atoms with Gasteiger partial charge in [-0.2, -0.15) is 0 Å². The van der Waals surface area contributed by atoms with Crippen molar-refractivity contribution >= 4 is 32.5 Å². The van der Waals surface area contributed by atoms with Crippen LogP contribution >= 0.6 is 15.9 Å². The van der Waals surface area contributed by atoms with E-state index in [1.54, 1.807) is 6.20 Å². The molecular weight excluding hydrogens is 328 g/mol. The highest BCUT2D eigenvalue weighted by molar-refractivity contribution is 9.10. The second kappa shape index (κ2) is 5.37. The summed E-state index contributed by atoms with van der Waals surface area (Å²) in [5, 5.41) is 1.00. The molecule has 0 amide bonds. The smallest absolute Gasteiger partial charge is 0.141 e. The third-order valence-corrected chi connectivity index (χ3v) is 4.11. The van der Waals surface area contributed by atoms with Gasteiger partial charge in [-0.1, -0.05) is 0 Å². The first kappa shape index (κ1) is 13.9. The van der Waals surface area contributed by atoms with Crippen molar-refractivity contribution in [3.05, 3.63) is 58.2 Å². The zero-order valence-corrected chi connectivity index (χ0v) is 13.4.